The van der Waals surface area contributed by atoms with Crippen molar-refractivity contribution in [2.24, 2.45) is 5.73 Å². The fourth-order valence-electron chi connectivity index (χ4n) is 1.90. The molecule has 0 aromatic heterocycles. The van der Waals surface area contributed by atoms with E-state index in [1.807, 2.05) is 0 Å². The van der Waals surface area contributed by atoms with Crippen LogP contribution in [0.2, 0.25) is 0 Å². The molecule has 0 aromatic rings. The minimum Gasteiger partial charge on any atom is -0.383 e. The largest absolute Gasteiger partial charge is 0.383 e. The number of hydrogen-bond donors (Lipinski definition) is 2. The maximum absolute atomic E-state index is 5.72. The van der Waals surface area contributed by atoms with E-state index < -0.39 is 0 Å². The number of nitrogens with one attached hydrogen (secondary N) is 1. The molecule has 0 spiro atoms. The van der Waals surface area contributed by atoms with Crippen LogP contribution in [0.15, 0.2) is 0 Å². The molecule has 1 rings (SSSR count). The molecule has 1 aliphatic rings. The second kappa shape index (κ2) is 5.58. The lowest BCUT2D eigenvalue weighted by Crippen LogP contribution is -2.52. The first-order valence-corrected chi connectivity index (χ1v) is 5.26. The van der Waals surface area contributed by atoms with E-state index >= 15 is 0 Å². The van der Waals surface area contributed by atoms with E-state index in [9.17, 15) is 0 Å². The van der Waals surface area contributed by atoms with Gasteiger partial charge in [-0.15, -0.1) is 0 Å². The Bertz CT molecular complexity index is 129. The molecule has 13 heavy (non-hydrogen) atoms. The first-order valence-electron chi connectivity index (χ1n) is 5.26. The molecule has 0 radical (unpaired) electrons. The highest BCUT2D eigenvalue weighted by molar-refractivity contribution is 4.89. The van der Waals surface area contributed by atoms with Crippen LogP contribution in [-0.2, 0) is 4.74 Å². The maximum Gasteiger partial charge on any atom is 0.0615 e. The molecule has 3 N–H and O–H groups in total. The normalized spacial score (nSPS) is 29.8. The Hall–Kier alpha value is -0.120. The Labute approximate surface area is 81.0 Å². The Morgan fingerprint density at radius 3 is 2.69 bits per heavy atom. The van der Waals surface area contributed by atoms with Gasteiger partial charge >= 0.3 is 0 Å². The number of methoxy groups -OCH3 is 1. The van der Waals surface area contributed by atoms with Crippen molar-refractivity contribution in [3.63, 3.8) is 0 Å². The average Bonchev–Trinajstić information content (AvgIpc) is 2.02. The van der Waals surface area contributed by atoms with Gasteiger partial charge in [0, 0.05) is 25.2 Å². The van der Waals surface area contributed by atoms with E-state index in [0.717, 1.165) is 19.4 Å². The van der Waals surface area contributed by atoms with E-state index in [4.69, 9.17) is 10.5 Å². The van der Waals surface area contributed by atoms with Crippen LogP contribution in [0.25, 0.3) is 0 Å². The Morgan fingerprint density at radius 1 is 1.54 bits per heavy atom. The molecule has 0 amide bonds. The van der Waals surface area contributed by atoms with Gasteiger partial charge in [-0.25, -0.2) is 0 Å². The van der Waals surface area contributed by atoms with Gasteiger partial charge in [-0.05, 0) is 19.3 Å². The molecule has 1 fully saturated rings. The summed E-state index contributed by atoms with van der Waals surface area (Å²) in [6, 6.07) is 1.59. The van der Waals surface area contributed by atoms with Crippen molar-refractivity contribution in [3.8, 4) is 0 Å². The zero-order valence-corrected chi connectivity index (χ0v) is 8.75. The molecule has 78 valence electrons. The molecular formula is C10H22N2O. The number of rotatable bonds is 6. The van der Waals surface area contributed by atoms with Gasteiger partial charge in [0.15, 0.2) is 0 Å². The van der Waals surface area contributed by atoms with E-state index in [-0.39, 0.29) is 0 Å². The Kier molecular flexibility index (Phi) is 4.70. The topological polar surface area (TPSA) is 47.3 Å². The van der Waals surface area contributed by atoms with Gasteiger partial charge in [0.05, 0.1) is 6.61 Å². The van der Waals surface area contributed by atoms with Crippen LogP contribution in [0.3, 0.4) is 0 Å². The van der Waals surface area contributed by atoms with Crippen molar-refractivity contribution in [1.29, 1.82) is 0 Å². The van der Waals surface area contributed by atoms with Crippen LogP contribution >= 0.6 is 0 Å². The first kappa shape index (κ1) is 11.0. The van der Waals surface area contributed by atoms with Crippen molar-refractivity contribution < 1.29 is 4.74 Å². The van der Waals surface area contributed by atoms with Crippen molar-refractivity contribution in [3.05, 3.63) is 0 Å². The van der Waals surface area contributed by atoms with Crippen LogP contribution in [-0.4, -0.2) is 31.8 Å². The van der Waals surface area contributed by atoms with Crippen molar-refractivity contribution in [2.75, 3.05) is 13.7 Å². The Morgan fingerprint density at radius 2 is 2.23 bits per heavy atom. The fraction of sp³-hybridized carbons (Fsp3) is 1.00. The molecule has 0 heterocycles. The van der Waals surface area contributed by atoms with Gasteiger partial charge < -0.3 is 15.8 Å². The second-order valence-electron chi connectivity index (χ2n) is 4.04. The minimum absolute atomic E-state index is 0.433. The number of nitrogens with two attached hydrogens (primary N) is 1. The number of hydrogen-bond acceptors (Lipinski definition) is 3. The summed E-state index contributed by atoms with van der Waals surface area (Å²) in [6.45, 7) is 3.02. The van der Waals surface area contributed by atoms with Crippen molar-refractivity contribution >= 4 is 0 Å². The molecule has 0 aromatic carbocycles. The first-order chi connectivity index (χ1) is 6.26. The summed E-state index contributed by atoms with van der Waals surface area (Å²) in [5.74, 6) is 0. The van der Waals surface area contributed by atoms with E-state index in [1.165, 1.54) is 12.8 Å². The molecule has 1 aliphatic carbocycles. The molecule has 0 aliphatic heterocycles. The van der Waals surface area contributed by atoms with Crippen LogP contribution in [0.5, 0.6) is 0 Å². The molecule has 3 nitrogen and oxygen atoms in total. The lowest BCUT2D eigenvalue weighted by Gasteiger charge is -2.36. The van der Waals surface area contributed by atoms with Gasteiger partial charge in [-0.1, -0.05) is 13.3 Å². The fourth-order valence-corrected chi connectivity index (χ4v) is 1.90. The van der Waals surface area contributed by atoms with Crippen LogP contribution in [0, 0.1) is 0 Å². The molecule has 1 unspecified atom stereocenters. The summed E-state index contributed by atoms with van der Waals surface area (Å²) in [6.07, 6.45) is 4.66. The van der Waals surface area contributed by atoms with Crippen molar-refractivity contribution in [1.82, 2.24) is 5.32 Å². The molecule has 0 bridgehead atoms. The smallest absolute Gasteiger partial charge is 0.0615 e. The van der Waals surface area contributed by atoms with Crippen LogP contribution in [0.1, 0.15) is 32.6 Å². The maximum atomic E-state index is 5.72. The molecule has 1 atom stereocenters. The highest BCUT2D eigenvalue weighted by atomic mass is 16.5. The minimum atomic E-state index is 0.433. The SMILES string of the molecule is CCCC(COC)NC1CC(N)C1. The molecule has 1 saturated carbocycles. The lowest BCUT2D eigenvalue weighted by molar-refractivity contribution is 0.142. The van der Waals surface area contributed by atoms with E-state index in [2.05, 4.69) is 12.2 Å². The van der Waals surface area contributed by atoms with Gasteiger partial charge in [-0.2, -0.15) is 0 Å². The van der Waals surface area contributed by atoms with Gasteiger partial charge in [0.25, 0.3) is 0 Å². The van der Waals surface area contributed by atoms with Gasteiger partial charge in [-0.3, -0.25) is 0 Å². The van der Waals surface area contributed by atoms with Gasteiger partial charge in [0.1, 0.15) is 0 Å². The highest BCUT2D eigenvalue weighted by Crippen LogP contribution is 2.18. The number of ether oxygens (including phenoxy) is 1. The molecular weight excluding hydrogens is 164 g/mol. The monoisotopic (exact) mass is 186 g/mol. The summed E-state index contributed by atoms with van der Waals surface area (Å²) < 4.78 is 5.16. The second-order valence-corrected chi connectivity index (χ2v) is 4.04. The predicted molar refractivity (Wildman–Crippen MR) is 54.7 cm³/mol. The third kappa shape index (κ3) is 3.63. The summed E-state index contributed by atoms with van der Waals surface area (Å²) in [5.41, 5.74) is 5.72. The quantitative estimate of drug-likeness (QED) is 0.647. The third-order valence-corrected chi connectivity index (χ3v) is 2.65. The van der Waals surface area contributed by atoms with Crippen LogP contribution < -0.4 is 11.1 Å². The summed E-state index contributed by atoms with van der Waals surface area (Å²) in [4.78, 5) is 0. The highest BCUT2D eigenvalue weighted by Gasteiger charge is 2.27. The Balaban J connectivity index is 2.14. The van der Waals surface area contributed by atoms with E-state index in [1.54, 1.807) is 7.11 Å². The summed E-state index contributed by atoms with van der Waals surface area (Å²) in [7, 11) is 1.76. The van der Waals surface area contributed by atoms with Gasteiger partial charge in [0.2, 0.25) is 0 Å². The van der Waals surface area contributed by atoms with Crippen molar-refractivity contribution in [2.45, 2.75) is 50.7 Å². The zero-order valence-electron chi connectivity index (χ0n) is 8.75. The molecule has 0 saturated heterocycles. The lowest BCUT2D eigenvalue weighted by atomic mass is 9.87. The zero-order chi connectivity index (χ0) is 9.68. The predicted octanol–water partition coefficient (Wildman–Crippen LogP) is 0.881. The van der Waals surface area contributed by atoms with Crippen LogP contribution in [0.4, 0.5) is 0 Å². The summed E-state index contributed by atoms with van der Waals surface area (Å²) in [5, 5.41) is 3.58. The summed E-state index contributed by atoms with van der Waals surface area (Å²) >= 11 is 0. The van der Waals surface area contributed by atoms with E-state index in [0.29, 0.717) is 18.1 Å². The third-order valence-electron chi connectivity index (χ3n) is 2.65. The standard InChI is InChI=1S/C10H22N2O/c1-3-4-9(7-13-2)12-10-5-8(11)6-10/h8-10,12H,3-7,11H2,1-2H3. The molecule has 3 heteroatoms. The average molecular weight is 186 g/mol.